The van der Waals surface area contributed by atoms with Crippen LogP contribution in [0.15, 0.2) is 46.4 Å². The van der Waals surface area contributed by atoms with E-state index in [1.165, 1.54) is 12.8 Å². The van der Waals surface area contributed by atoms with Gasteiger partial charge in [-0.2, -0.15) is 0 Å². The summed E-state index contributed by atoms with van der Waals surface area (Å²) >= 11 is 0. The zero-order valence-corrected chi connectivity index (χ0v) is 18.8. The standard InChI is InChI=1S/C23H28N4O3S/c1-14-4-7-18(31(29,30)27-13-23(2,3)28)10-19(14)16-8-20(22(24)26-12-16)17-9-21(25-11-17)15-5-6-15/h4,7-10,12,15,27-28H,5-6,11,13H2,1-3H3,(H2,24,26). The predicted octanol–water partition coefficient (Wildman–Crippen LogP) is 2.94. The number of aromatic nitrogens is 1. The van der Waals surface area contributed by atoms with Gasteiger partial charge in [-0.25, -0.2) is 18.1 Å². The molecule has 0 radical (unpaired) electrons. The molecule has 2 aliphatic rings. The van der Waals surface area contributed by atoms with Crippen LogP contribution in [-0.4, -0.2) is 42.9 Å². The second-order valence-electron chi connectivity index (χ2n) is 8.96. The molecule has 7 nitrogen and oxygen atoms in total. The Kier molecular flexibility index (Phi) is 5.49. The monoisotopic (exact) mass is 440 g/mol. The highest BCUT2D eigenvalue weighted by molar-refractivity contribution is 7.89. The normalized spacial score (nSPS) is 16.9. The maximum atomic E-state index is 12.7. The first-order valence-electron chi connectivity index (χ1n) is 10.4. The average molecular weight is 441 g/mol. The molecule has 4 N–H and O–H groups in total. The minimum absolute atomic E-state index is 0.0798. The number of aryl methyl sites for hydroxylation is 1. The molecule has 164 valence electrons. The molecular formula is C23H28N4O3S. The van der Waals surface area contributed by atoms with Crippen molar-refractivity contribution in [3.8, 4) is 11.1 Å². The number of nitrogens with zero attached hydrogens (tertiary/aromatic N) is 2. The van der Waals surface area contributed by atoms with E-state index in [2.05, 4.69) is 20.8 Å². The van der Waals surface area contributed by atoms with Gasteiger partial charge >= 0.3 is 0 Å². The molecule has 1 aromatic heterocycles. The number of allylic oxidation sites excluding steroid dienone is 1. The van der Waals surface area contributed by atoms with Gasteiger partial charge in [-0.15, -0.1) is 0 Å². The number of benzene rings is 1. The number of aliphatic imine (C=N–C) groups is 1. The third-order valence-corrected chi connectivity index (χ3v) is 6.94. The van der Waals surface area contributed by atoms with E-state index in [0.29, 0.717) is 18.3 Å². The van der Waals surface area contributed by atoms with Crippen molar-refractivity contribution in [2.45, 2.75) is 44.1 Å². The van der Waals surface area contributed by atoms with E-state index >= 15 is 0 Å². The number of rotatable bonds is 7. The molecular weight excluding hydrogens is 412 g/mol. The molecule has 0 unspecified atom stereocenters. The molecule has 1 saturated carbocycles. The van der Waals surface area contributed by atoms with Gasteiger partial charge in [0.15, 0.2) is 0 Å². The molecule has 1 fully saturated rings. The van der Waals surface area contributed by atoms with Crippen LogP contribution in [0.2, 0.25) is 0 Å². The molecule has 8 heteroatoms. The van der Waals surface area contributed by atoms with Crippen LogP contribution in [0, 0.1) is 12.8 Å². The van der Waals surface area contributed by atoms with Crippen LogP contribution >= 0.6 is 0 Å². The van der Waals surface area contributed by atoms with E-state index < -0.39 is 15.6 Å². The number of nitrogen functional groups attached to an aromatic ring is 1. The molecule has 1 aliphatic carbocycles. The summed E-state index contributed by atoms with van der Waals surface area (Å²) in [6.45, 7) is 5.54. The number of hydrogen-bond acceptors (Lipinski definition) is 6. The van der Waals surface area contributed by atoms with Gasteiger partial charge in [0, 0.05) is 35.5 Å². The van der Waals surface area contributed by atoms with Crippen molar-refractivity contribution >= 4 is 27.1 Å². The van der Waals surface area contributed by atoms with Crippen LogP contribution in [0.5, 0.6) is 0 Å². The van der Waals surface area contributed by atoms with Crippen molar-refractivity contribution in [2.24, 2.45) is 10.9 Å². The van der Waals surface area contributed by atoms with Gasteiger partial charge in [-0.1, -0.05) is 6.07 Å². The minimum Gasteiger partial charge on any atom is -0.389 e. The Bertz CT molecular complexity index is 1190. The third-order valence-electron chi connectivity index (χ3n) is 5.54. The van der Waals surface area contributed by atoms with Crippen LogP contribution in [0.3, 0.4) is 0 Å². The second-order valence-corrected chi connectivity index (χ2v) is 10.7. The van der Waals surface area contributed by atoms with E-state index in [0.717, 1.165) is 33.5 Å². The quantitative estimate of drug-likeness (QED) is 0.612. The maximum absolute atomic E-state index is 12.7. The molecule has 2 heterocycles. The molecule has 0 spiro atoms. The zero-order chi connectivity index (χ0) is 22.4. The number of aliphatic hydroxyl groups is 1. The Morgan fingerprint density at radius 1 is 1.23 bits per heavy atom. The summed E-state index contributed by atoms with van der Waals surface area (Å²) in [6.07, 6.45) is 6.17. The SMILES string of the molecule is Cc1ccc(S(=O)(=O)NCC(C)(C)O)cc1-c1cnc(N)c(C2=CC(C3CC3)=NC2)c1. The van der Waals surface area contributed by atoms with E-state index in [1.54, 1.807) is 38.2 Å². The number of anilines is 1. The second kappa shape index (κ2) is 7.85. The van der Waals surface area contributed by atoms with Crippen LogP contribution in [0.4, 0.5) is 5.82 Å². The number of hydrogen-bond donors (Lipinski definition) is 3. The molecule has 0 saturated heterocycles. The average Bonchev–Trinajstić information content (AvgIpc) is 3.44. The smallest absolute Gasteiger partial charge is 0.240 e. The topological polar surface area (TPSA) is 118 Å². The number of pyridine rings is 1. The number of nitrogens with one attached hydrogen (secondary N) is 1. The third kappa shape index (κ3) is 4.87. The molecule has 4 rings (SSSR count). The fourth-order valence-electron chi connectivity index (χ4n) is 3.55. The van der Waals surface area contributed by atoms with E-state index in [1.807, 2.05) is 13.0 Å². The van der Waals surface area contributed by atoms with Crippen LogP contribution in [0.1, 0.15) is 37.8 Å². The van der Waals surface area contributed by atoms with E-state index in [4.69, 9.17) is 5.73 Å². The van der Waals surface area contributed by atoms with Crippen molar-refractivity contribution in [1.29, 1.82) is 0 Å². The largest absolute Gasteiger partial charge is 0.389 e. The molecule has 2 aromatic rings. The van der Waals surface area contributed by atoms with Crippen molar-refractivity contribution in [3.05, 3.63) is 47.7 Å². The summed E-state index contributed by atoms with van der Waals surface area (Å²) in [5.74, 6) is 1.02. The van der Waals surface area contributed by atoms with Gasteiger partial charge in [-0.3, -0.25) is 4.99 Å². The lowest BCUT2D eigenvalue weighted by atomic mass is 9.98. The maximum Gasteiger partial charge on any atom is 0.240 e. The van der Waals surface area contributed by atoms with Crippen LogP contribution in [0.25, 0.3) is 16.7 Å². The first-order chi connectivity index (χ1) is 14.5. The molecule has 1 aliphatic heterocycles. The summed E-state index contributed by atoms with van der Waals surface area (Å²) in [7, 11) is -3.77. The van der Waals surface area contributed by atoms with Crippen molar-refractivity contribution in [2.75, 3.05) is 18.8 Å². The van der Waals surface area contributed by atoms with E-state index in [-0.39, 0.29) is 11.4 Å². The van der Waals surface area contributed by atoms with Gasteiger partial charge in [0.2, 0.25) is 10.0 Å². The molecule has 31 heavy (non-hydrogen) atoms. The predicted molar refractivity (Wildman–Crippen MR) is 123 cm³/mol. The van der Waals surface area contributed by atoms with Crippen LogP contribution < -0.4 is 10.5 Å². The highest BCUT2D eigenvalue weighted by Gasteiger charge is 2.29. The Morgan fingerprint density at radius 2 is 1.97 bits per heavy atom. The summed E-state index contributed by atoms with van der Waals surface area (Å²) in [5, 5.41) is 9.86. The molecule has 1 aromatic carbocycles. The number of sulfonamides is 1. The first kappa shape index (κ1) is 21.7. The minimum atomic E-state index is -3.77. The molecule has 0 bridgehead atoms. The van der Waals surface area contributed by atoms with Gasteiger partial charge in [0.05, 0.1) is 17.0 Å². The van der Waals surface area contributed by atoms with Crippen molar-refractivity contribution < 1.29 is 13.5 Å². The lowest BCUT2D eigenvalue weighted by Gasteiger charge is -2.18. The van der Waals surface area contributed by atoms with E-state index in [9.17, 15) is 13.5 Å². The summed E-state index contributed by atoms with van der Waals surface area (Å²) < 4.78 is 27.9. The summed E-state index contributed by atoms with van der Waals surface area (Å²) in [4.78, 5) is 9.15. The Balaban J connectivity index is 1.67. The Morgan fingerprint density at radius 3 is 2.65 bits per heavy atom. The Hall–Kier alpha value is -2.55. The van der Waals surface area contributed by atoms with Gasteiger partial charge < -0.3 is 10.8 Å². The Labute approximate surface area is 183 Å². The fourth-order valence-corrected chi connectivity index (χ4v) is 4.78. The van der Waals surface area contributed by atoms with Gasteiger partial charge in [-0.05, 0) is 74.6 Å². The molecule has 0 atom stereocenters. The summed E-state index contributed by atoms with van der Waals surface area (Å²) in [5.41, 5.74) is 10.5. The fraction of sp³-hybridized carbons (Fsp3) is 0.391. The lowest BCUT2D eigenvalue weighted by molar-refractivity contribution is 0.0857. The zero-order valence-electron chi connectivity index (χ0n) is 18.0. The van der Waals surface area contributed by atoms with Gasteiger partial charge in [0.25, 0.3) is 0 Å². The first-order valence-corrected chi connectivity index (χ1v) is 11.9. The van der Waals surface area contributed by atoms with Crippen LogP contribution in [-0.2, 0) is 10.0 Å². The lowest BCUT2D eigenvalue weighted by Crippen LogP contribution is -2.38. The van der Waals surface area contributed by atoms with Gasteiger partial charge in [0.1, 0.15) is 5.82 Å². The van der Waals surface area contributed by atoms with Crippen molar-refractivity contribution in [3.63, 3.8) is 0 Å². The van der Waals surface area contributed by atoms with Crippen molar-refractivity contribution in [1.82, 2.24) is 9.71 Å². The molecule has 0 amide bonds. The highest BCUT2D eigenvalue weighted by Crippen LogP contribution is 2.36. The summed E-state index contributed by atoms with van der Waals surface area (Å²) in [6, 6.07) is 6.93. The number of nitrogens with two attached hydrogens (primary N) is 1. The highest BCUT2D eigenvalue weighted by atomic mass is 32.2.